The average molecular weight is 278 g/mol. The first-order valence-corrected chi connectivity index (χ1v) is 7.06. The second kappa shape index (κ2) is 4.45. The summed E-state index contributed by atoms with van der Waals surface area (Å²) in [6, 6.07) is 10.7. The van der Waals surface area contributed by atoms with Crippen LogP contribution in [0.4, 0.5) is 0 Å². The molecule has 104 valence electrons. The molecule has 2 aromatic heterocycles. The van der Waals surface area contributed by atoms with Crippen LogP contribution in [-0.2, 0) is 12.8 Å². The minimum Gasteiger partial charge on any atom is -0.508 e. The normalized spacial score (nSPS) is 13.5. The number of phenolic OH excluding ortho intramolecular Hbond substituents is 1. The summed E-state index contributed by atoms with van der Waals surface area (Å²) in [4.78, 5) is 17.0. The van der Waals surface area contributed by atoms with Crippen LogP contribution in [0.25, 0.3) is 16.7 Å². The van der Waals surface area contributed by atoms with E-state index in [0.29, 0.717) is 11.0 Å². The van der Waals surface area contributed by atoms with E-state index in [4.69, 9.17) is 0 Å². The number of hydrogen-bond donors (Lipinski definition) is 1. The van der Waals surface area contributed by atoms with E-state index >= 15 is 0 Å². The number of fused-ring (bicyclic) bond motifs is 2. The zero-order chi connectivity index (χ0) is 14.4. The van der Waals surface area contributed by atoms with Gasteiger partial charge in [0.05, 0.1) is 5.39 Å². The van der Waals surface area contributed by atoms with E-state index in [1.807, 2.05) is 18.2 Å². The Kier molecular flexibility index (Phi) is 2.57. The Hall–Kier alpha value is -2.62. The van der Waals surface area contributed by atoms with E-state index in [1.54, 1.807) is 24.4 Å². The van der Waals surface area contributed by atoms with Crippen molar-refractivity contribution in [2.24, 2.45) is 0 Å². The van der Waals surface area contributed by atoms with Gasteiger partial charge in [-0.05, 0) is 55.7 Å². The summed E-state index contributed by atoms with van der Waals surface area (Å²) in [7, 11) is 0. The van der Waals surface area contributed by atoms with Gasteiger partial charge in [-0.25, -0.2) is 4.98 Å². The van der Waals surface area contributed by atoms with Crippen molar-refractivity contribution in [1.29, 1.82) is 0 Å². The molecule has 0 atom stereocenters. The number of aromatic hydroxyl groups is 1. The summed E-state index contributed by atoms with van der Waals surface area (Å²) in [6.45, 7) is 0. The van der Waals surface area contributed by atoms with Crippen LogP contribution >= 0.6 is 0 Å². The lowest BCUT2D eigenvalue weighted by Gasteiger charge is -2.16. The Morgan fingerprint density at radius 3 is 2.71 bits per heavy atom. The van der Waals surface area contributed by atoms with Gasteiger partial charge in [0, 0.05) is 23.1 Å². The van der Waals surface area contributed by atoms with Crippen molar-refractivity contribution >= 4 is 11.0 Å². The summed E-state index contributed by atoms with van der Waals surface area (Å²) in [5, 5.41) is 10.1. The van der Waals surface area contributed by atoms with E-state index in [2.05, 4.69) is 9.55 Å². The molecular formula is C17H14N2O2. The van der Waals surface area contributed by atoms with Gasteiger partial charge in [-0.15, -0.1) is 0 Å². The third-order valence-electron chi connectivity index (χ3n) is 4.08. The number of aromatic nitrogens is 2. The SMILES string of the molecule is O=c1c2c(n(-c3ccc(O)cc3)c3ncccc13)CCC2. The lowest BCUT2D eigenvalue weighted by Crippen LogP contribution is -2.17. The molecule has 0 saturated heterocycles. The van der Waals surface area contributed by atoms with Crippen LogP contribution in [0.5, 0.6) is 5.75 Å². The van der Waals surface area contributed by atoms with Gasteiger partial charge in [-0.2, -0.15) is 0 Å². The van der Waals surface area contributed by atoms with Crippen molar-refractivity contribution in [3.63, 3.8) is 0 Å². The molecule has 0 unspecified atom stereocenters. The fourth-order valence-corrected chi connectivity index (χ4v) is 3.14. The molecule has 1 aliphatic rings. The summed E-state index contributed by atoms with van der Waals surface area (Å²) >= 11 is 0. The maximum Gasteiger partial charge on any atom is 0.194 e. The van der Waals surface area contributed by atoms with Crippen molar-refractivity contribution in [2.45, 2.75) is 19.3 Å². The lowest BCUT2D eigenvalue weighted by atomic mass is 10.1. The molecule has 0 amide bonds. The monoisotopic (exact) mass is 278 g/mol. The third kappa shape index (κ3) is 1.76. The standard InChI is InChI=1S/C17H14N2O2/c20-12-8-6-11(7-9-12)19-15-5-1-3-13(15)16(21)14-4-2-10-18-17(14)19/h2,4,6-10,20H,1,3,5H2. The number of rotatable bonds is 1. The Morgan fingerprint density at radius 1 is 1.10 bits per heavy atom. The topological polar surface area (TPSA) is 55.1 Å². The van der Waals surface area contributed by atoms with Gasteiger partial charge in [0.1, 0.15) is 11.4 Å². The highest BCUT2D eigenvalue weighted by Crippen LogP contribution is 2.27. The Morgan fingerprint density at radius 2 is 1.90 bits per heavy atom. The Balaban J connectivity index is 2.15. The van der Waals surface area contributed by atoms with Gasteiger partial charge in [-0.3, -0.25) is 9.36 Å². The van der Waals surface area contributed by atoms with Gasteiger partial charge in [0.2, 0.25) is 0 Å². The molecule has 4 heteroatoms. The predicted molar refractivity (Wildman–Crippen MR) is 81.0 cm³/mol. The number of benzene rings is 1. The van der Waals surface area contributed by atoms with Crippen LogP contribution in [0.3, 0.4) is 0 Å². The van der Waals surface area contributed by atoms with Crippen LogP contribution in [0, 0.1) is 0 Å². The molecule has 0 bridgehead atoms. The van der Waals surface area contributed by atoms with E-state index < -0.39 is 0 Å². The fourth-order valence-electron chi connectivity index (χ4n) is 3.14. The van der Waals surface area contributed by atoms with Crippen molar-refractivity contribution < 1.29 is 5.11 Å². The number of nitrogens with zero attached hydrogens (tertiary/aromatic N) is 2. The summed E-state index contributed by atoms with van der Waals surface area (Å²) in [5.41, 5.74) is 3.68. The summed E-state index contributed by atoms with van der Waals surface area (Å²) in [6.07, 6.45) is 4.42. The molecule has 3 aromatic rings. The highest BCUT2D eigenvalue weighted by molar-refractivity contribution is 5.78. The molecule has 4 nitrogen and oxygen atoms in total. The minimum atomic E-state index is 0.112. The molecule has 1 aliphatic carbocycles. The third-order valence-corrected chi connectivity index (χ3v) is 4.08. The first kappa shape index (κ1) is 12.1. The zero-order valence-electron chi connectivity index (χ0n) is 11.4. The summed E-state index contributed by atoms with van der Waals surface area (Å²) in [5.74, 6) is 0.230. The lowest BCUT2D eigenvalue weighted by molar-refractivity contribution is 0.475. The second-order valence-corrected chi connectivity index (χ2v) is 5.33. The van der Waals surface area contributed by atoms with Crippen molar-refractivity contribution in [3.8, 4) is 11.4 Å². The smallest absolute Gasteiger partial charge is 0.194 e. The average Bonchev–Trinajstić information content (AvgIpc) is 2.99. The van der Waals surface area contributed by atoms with E-state index in [-0.39, 0.29) is 11.2 Å². The summed E-state index contributed by atoms with van der Waals surface area (Å²) < 4.78 is 2.05. The highest BCUT2D eigenvalue weighted by atomic mass is 16.3. The van der Waals surface area contributed by atoms with Crippen molar-refractivity contribution in [1.82, 2.24) is 9.55 Å². The fraction of sp³-hybridized carbons (Fsp3) is 0.176. The number of pyridine rings is 2. The number of hydrogen-bond acceptors (Lipinski definition) is 3. The first-order valence-electron chi connectivity index (χ1n) is 7.06. The Bertz CT molecular complexity index is 895. The maximum absolute atomic E-state index is 12.6. The quantitative estimate of drug-likeness (QED) is 0.744. The Labute approximate surface area is 121 Å². The largest absolute Gasteiger partial charge is 0.508 e. The molecule has 21 heavy (non-hydrogen) atoms. The molecule has 0 aliphatic heterocycles. The van der Waals surface area contributed by atoms with E-state index in [9.17, 15) is 9.90 Å². The zero-order valence-corrected chi connectivity index (χ0v) is 11.4. The second-order valence-electron chi connectivity index (χ2n) is 5.33. The predicted octanol–water partition coefficient (Wildman–Crippen LogP) is 2.58. The molecule has 0 radical (unpaired) electrons. The van der Waals surface area contributed by atoms with Gasteiger partial charge < -0.3 is 5.11 Å². The minimum absolute atomic E-state index is 0.112. The van der Waals surface area contributed by atoms with Crippen molar-refractivity contribution in [2.75, 3.05) is 0 Å². The molecule has 4 rings (SSSR count). The number of phenols is 1. The van der Waals surface area contributed by atoms with Gasteiger partial charge in [-0.1, -0.05) is 0 Å². The van der Waals surface area contributed by atoms with Crippen LogP contribution in [0.15, 0.2) is 47.4 Å². The van der Waals surface area contributed by atoms with Crippen LogP contribution < -0.4 is 5.43 Å². The van der Waals surface area contributed by atoms with Gasteiger partial charge in [0.25, 0.3) is 0 Å². The van der Waals surface area contributed by atoms with Crippen LogP contribution in [-0.4, -0.2) is 14.7 Å². The molecule has 0 fully saturated rings. The van der Waals surface area contributed by atoms with E-state index in [1.165, 1.54) is 0 Å². The molecular weight excluding hydrogens is 264 g/mol. The molecule has 0 spiro atoms. The maximum atomic E-state index is 12.6. The van der Waals surface area contributed by atoms with Crippen LogP contribution in [0.1, 0.15) is 17.7 Å². The first-order chi connectivity index (χ1) is 10.3. The highest BCUT2D eigenvalue weighted by Gasteiger charge is 2.22. The van der Waals surface area contributed by atoms with Crippen molar-refractivity contribution in [3.05, 3.63) is 64.1 Å². The van der Waals surface area contributed by atoms with Crippen LogP contribution in [0.2, 0.25) is 0 Å². The van der Waals surface area contributed by atoms with E-state index in [0.717, 1.165) is 36.2 Å². The molecule has 1 aromatic carbocycles. The molecule has 1 N–H and O–H groups in total. The molecule has 2 heterocycles. The van der Waals surface area contributed by atoms with Gasteiger partial charge in [0.15, 0.2) is 5.43 Å². The molecule has 0 saturated carbocycles. The van der Waals surface area contributed by atoms with Gasteiger partial charge >= 0.3 is 0 Å².